The summed E-state index contributed by atoms with van der Waals surface area (Å²) < 4.78 is 63.7. The number of rotatable bonds is 4. The largest absolute Gasteiger partial charge is 0.467 e. The predicted molar refractivity (Wildman–Crippen MR) is 84.8 cm³/mol. The third-order valence-corrected chi connectivity index (χ3v) is 3.20. The highest BCUT2D eigenvalue weighted by Crippen LogP contribution is 2.38. The number of alkyl halides is 3. The van der Waals surface area contributed by atoms with Gasteiger partial charge < -0.3 is 20.5 Å². The maximum Gasteiger partial charge on any atom is 0.408 e. The van der Waals surface area contributed by atoms with E-state index in [4.69, 9.17) is 10.5 Å². The fourth-order valence-electron chi connectivity index (χ4n) is 2.15. The number of amides is 1. The summed E-state index contributed by atoms with van der Waals surface area (Å²) in [5.41, 5.74) is 3.31. The highest BCUT2D eigenvalue weighted by Gasteiger charge is 2.50. The fourth-order valence-corrected chi connectivity index (χ4v) is 2.15. The molecule has 1 aromatic carbocycles. The molecule has 2 unspecified atom stereocenters. The zero-order chi connectivity index (χ0) is 20.3. The van der Waals surface area contributed by atoms with E-state index in [1.807, 2.05) is 5.32 Å². The van der Waals surface area contributed by atoms with Gasteiger partial charge in [0, 0.05) is 0 Å². The van der Waals surface area contributed by atoms with Crippen LogP contribution in [0.5, 0.6) is 0 Å². The van der Waals surface area contributed by atoms with Crippen molar-refractivity contribution in [2.45, 2.75) is 44.5 Å². The molecule has 0 heterocycles. The fraction of sp³-hybridized carbons (Fsp3) is 0.500. The number of nitrogens with one attached hydrogen (secondary N) is 1. The molecule has 0 saturated carbocycles. The molecular weight excluding hydrogens is 360 g/mol. The Morgan fingerprint density at radius 1 is 1.19 bits per heavy atom. The van der Waals surface area contributed by atoms with Crippen LogP contribution in [-0.4, -0.2) is 37.0 Å². The van der Waals surface area contributed by atoms with E-state index < -0.39 is 47.2 Å². The maximum absolute atomic E-state index is 13.6. The first-order valence-corrected chi connectivity index (χ1v) is 7.45. The minimum Gasteiger partial charge on any atom is -0.467 e. The summed E-state index contributed by atoms with van der Waals surface area (Å²) in [5, 5.41) is 1.85. The van der Waals surface area contributed by atoms with Gasteiger partial charge in [-0.05, 0) is 38.5 Å². The van der Waals surface area contributed by atoms with Crippen LogP contribution >= 0.6 is 0 Å². The second-order valence-corrected chi connectivity index (χ2v) is 6.45. The lowest BCUT2D eigenvalue weighted by atomic mass is 9.90. The Morgan fingerprint density at radius 3 is 2.19 bits per heavy atom. The first kappa shape index (κ1) is 21.5. The van der Waals surface area contributed by atoms with Gasteiger partial charge in [-0.15, -0.1) is 0 Å². The summed E-state index contributed by atoms with van der Waals surface area (Å²) in [7, 11) is 0.864. The van der Waals surface area contributed by atoms with Gasteiger partial charge in [0.25, 0.3) is 0 Å². The van der Waals surface area contributed by atoms with Crippen molar-refractivity contribution in [3.63, 3.8) is 0 Å². The lowest BCUT2D eigenvalue weighted by molar-refractivity contribution is -0.170. The molecule has 0 radical (unpaired) electrons. The minimum absolute atomic E-state index is 0.357. The van der Waals surface area contributed by atoms with E-state index in [-0.39, 0.29) is 5.69 Å². The third kappa shape index (κ3) is 5.78. The maximum atomic E-state index is 13.6. The first-order valence-electron chi connectivity index (χ1n) is 7.45. The van der Waals surface area contributed by atoms with Crippen LogP contribution in [0.2, 0.25) is 0 Å². The number of esters is 1. The average molecular weight is 380 g/mol. The zero-order valence-corrected chi connectivity index (χ0v) is 14.6. The Bertz CT molecular complexity index is 671. The number of alkyl carbamates (subject to hydrolysis) is 1. The summed E-state index contributed by atoms with van der Waals surface area (Å²) >= 11 is 0. The van der Waals surface area contributed by atoms with Gasteiger partial charge >= 0.3 is 18.2 Å². The molecule has 3 N–H and O–H groups in total. The van der Waals surface area contributed by atoms with Crippen molar-refractivity contribution >= 4 is 17.7 Å². The van der Waals surface area contributed by atoms with Crippen LogP contribution in [0.25, 0.3) is 0 Å². The summed E-state index contributed by atoms with van der Waals surface area (Å²) in [6.07, 6.45) is -6.26. The molecule has 10 heteroatoms. The van der Waals surface area contributed by atoms with Crippen molar-refractivity contribution in [2.75, 3.05) is 12.8 Å². The van der Waals surface area contributed by atoms with Gasteiger partial charge in [0.1, 0.15) is 23.4 Å². The van der Waals surface area contributed by atoms with Crippen molar-refractivity contribution in [2.24, 2.45) is 0 Å². The molecule has 1 amide bonds. The molecule has 0 spiro atoms. The monoisotopic (exact) mass is 380 g/mol. The van der Waals surface area contributed by atoms with Gasteiger partial charge in [-0.3, -0.25) is 0 Å². The molecule has 1 aromatic rings. The Morgan fingerprint density at radius 2 is 1.77 bits per heavy atom. The topological polar surface area (TPSA) is 90.6 Å². The van der Waals surface area contributed by atoms with E-state index in [1.54, 1.807) is 0 Å². The number of halogens is 4. The van der Waals surface area contributed by atoms with Crippen molar-refractivity contribution in [3.05, 3.63) is 29.6 Å². The van der Waals surface area contributed by atoms with Crippen molar-refractivity contribution < 1.29 is 36.6 Å². The van der Waals surface area contributed by atoms with Crippen LogP contribution < -0.4 is 11.1 Å². The zero-order valence-electron chi connectivity index (χ0n) is 14.6. The minimum atomic E-state index is -5.00. The van der Waals surface area contributed by atoms with E-state index in [1.165, 1.54) is 20.8 Å². The van der Waals surface area contributed by atoms with Gasteiger partial charge in [0.2, 0.25) is 0 Å². The number of nitrogens with two attached hydrogens (primary N) is 1. The second kappa shape index (κ2) is 7.79. The number of hydrogen-bond acceptors (Lipinski definition) is 5. The Balaban J connectivity index is 3.33. The van der Waals surface area contributed by atoms with Crippen LogP contribution in [0.1, 0.15) is 32.3 Å². The van der Waals surface area contributed by atoms with Crippen LogP contribution in [0.3, 0.4) is 0 Å². The van der Waals surface area contributed by atoms with Gasteiger partial charge in [-0.2, -0.15) is 13.2 Å². The molecule has 0 bridgehead atoms. The smallest absolute Gasteiger partial charge is 0.408 e. The summed E-state index contributed by atoms with van der Waals surface area (Å²) in [5.74, 6) is -5.02. The number of benzene rings is 1. The Kier molecular flexibility index (Phi) is 6.45. The number of carbonyl (C=O) groups is 2. The average Bonchev–Trinajstić information content (AvgIpc) is 2.46. The molecule has 0 fully saturated rings. The summed E-state index contributed by atoms with van der Waals surface area (Å²) in [6.45, 7) is 4.49. The molecule has 2 atom stereocenters. The third-order valence-electron chi connectivity index (χ3n) is 3.20. The van der Waals surface area contributed by atoms with Crippen molar-refractivity contribution in [1.82, 2.24) is 5.32 Å². The number of methoxy groups -OCH3 is 1. The lowest BCUT2D eigenvalue weighted by Gasteiger charge is -2.29. The lowest BCUT2D eigenvalue weighted by Crippen LogP contribution is -2.51. The molecule has 26 heavy (non-hydrogen) atoms. The highest BCUT2D eigenvalue weighted by molar-refractivity contribution is 5.82. The predicted octanol–water partition coefficient (Wildman–Crippen LogP) is 3.12. The molecule has 1 rings (SSSR count). The van der Waals surface area contributed by atoms with Gasteiger partial charge in [-0.25, -0.2) is 14.0 Å². The van der Waals surface area contributed by atoms with Crippen molar-refractivity contribution in [1.29, 1.82) is 0 Å². The number of nitrogen functional groups attached to an aromatic ring is 1. The van der Waals surface area contributed by atoms with E-state index >= 15 is 0 Å². The van der Waals surface area contributed by atoms with E-state index in [2.05, 4.69) is 4.74 Å². The van der Waals surface area contributed by atoms with E-state index in [9.17, 15) is 27.2 Å². The molecule has 0 aliphatic rings. The summed E-state index contributed by atoms with van der Waals surface area (Å²) in [6, 6.07) is 0.229. The van der Waals surface area contributed by atoms with Gasteiger partial charge in [-0.1, -0.05) is 6.07 Å². The number of anilines is 1. The van der Waals surface area contributed by atoms with E-state index in [0.29, 0.717) is 6.07 Å². The Labute approximate surface area is 147 Å². The first-order chi connectivity index (χ1) is 11.8. The second-order valence-electron chi connectivity index (χ2n) is 6.45. The van der Waals surface area contributed by atoms with Crippen LogP contribution in [-0.2, 0) is 14.3 Å². The highest BCUT2D eigenvalue weighted by atomic mass is 19.4. The summed E-state index contributed by atoms with van der Waals surface area (Å²) in [4.78, 5) is 23.8. The number of ether oxygens (including phenoxy) is 2. The van der Waals surface area contributed by atoms with Crippen LogP contribution in [0.4, 0.5) is 28.0 Å². The molecular formula is C16H20F4N2O4. The van der Waals surface area contributed by atoms with Gasteiger partial charge in [0.15, 0.2) is 0 Å². The SMILES string of the molecule is COC(=O)C(NC(=O)OC(C)(C)C)C(c1ccc(N)c(F)c1)C(F)(F)F. The molecule has 0 aromatic heterocycles. The number of carbonyl (C=O) groups excluding carboxylic acids is 2. The Hall–Kier alpha value is -2.52. The molecule has 146 valence electrons. The molecule has 0 aliphatic carbocycles. The molecule has 0 saturated heterocycles. The normalized spacial score (nSPS) is 14.3. The van der Waals surface area contributed by atoms with Gasteiger partial charge in [0.05, 0.1) is 12.8 Å². The van der Waals surface area contributed by atoms with E-state index in [0.717, 1.165) is 19.2 Å². The molecule has 6 nitrogen and oxygen atoms in total. The molecule has 0 aliphatic heterocycles. The quantitative estimate of drug-likeness (QED) is 0.476. The standard InChI is InChI=1S/C16H20F4N2O4/c1-15(2,3)26-14(24)22-12(13(23)25-4)11(16(18,19)20)8-5-6-10(21)9(17)7-8/h5-7,11-12H,21H2,1-4H3,(H,22,24). The van der Waals surface area contributed by atoms with Crippen LogP contribution in [0.15, 0.2) is 18.2 Å². The number of hydrogen-bond donors (Lipinski definition) is 2. The van der Waals surface area contributed by atoms with Crippen molar-refractivity contribution in [3.8, 4) is 0 Å². The van der Waals surface area contributed by atoms with Crippen LogP contribution in [0, 0.1) is 5.82 Å².